The molecule has 0 heterocycles. The zero-order chi connectivity index (χ0) is 8.69. The van der Waals surface area contributed by atoms with Crippen LogP contribution in [0.4, 0.5) is 0 Å². The standard InChI is InChI=1S/C7H15NO2Si/c1-4-7(8-5-9)11-10-6(2)3/h6-7H,4,11H2,1-3H3. The smallest absolute Gasteiger partial charge is 0.234 e. The van der Waals surface area contributed by atoms with E-state index >= 15 is 0 Å². The van der Waals surface area contributed by atoms with Crippen LogP contribution in [-0.2, 0) is 9.22 Å². The van der Waals surface area contributed by atoms with Gasteiger partial charge in [0.15, 0.2) is 9.76 Å². The largest absolute Gasteiger partial charge is 0.420 e. The molecule has 0 N–H and O–H groups in total. The van der Waals surface area contributed by atoms with Crippen molar-refractivity contribution >= 4 is 15.8 Å². The van der Waals surface area contributed by atoms with Crippen molar-refractivity contribution in [3.63, 3.8) is 0 Å². The zero-order valence-electron chi connectivity index (χ0n) is 7.33. The van der Waals surface area contributed by atoms with Crippen molar-refractivity contribution < 1.29 is 9.22 Å². The zero-order valence-corrected chi connectivity index (χ0v) is 8.75. The molecule has 11 heavy (non-hydrogen) atoms. The van der Waals surface area contributed by atoms with Gasteiger partial charge in [-0.3, -0.25) is 0 Å². The predicted octanol–water partition coefficient (Wildman–Crippen LogP) is 0.567. The van der Waals surface area contributed by atoms with Crippen LogP contribution in [0.1, 0.15) is 27.2 Å². The summed E-state index contributed by atoms with van der Waals surface area (Å²) in [5.74, 6) is 0. The van der Waals surface area contributed by atoms with Crippen LogP contribution in [0.2, 0.25) is 0 Å². The van der Waals surface area contributed by atoms with Crippen LogP contribution in [-0.4, -0.2) is 27.6 Å². The first-order valence-electron chi connectivity index (χ1n) is 3.89. The Kier molecular flexibility index (Phi) is 6.03. The molecule has 0 saturated carbocycles. The topological polar surface area (TPSA) is 38.7 Å². The molecule has 64 valence electrons. The van der Waals surface area contributed by atoms with Gasteiger partial charge in [0, 0.05) is 6.10 Å². The fourth-order valence-corrected chi connectivity index (χ4v) is 1.62. The average Bonchev–Trinajstić information content (AvgIpc) is 1.97. The quantitative estimate of drug-likeness (QED) is 0.346. The molecular weight excluding hydrogens is 158 g/mol. The molecule has 0 radical (unpaired) electrons. The lowest BCUT2D eigenvalue weighted by Gasteiger charge is -2.10. The summed E-state index contributed by atoms with van der Waals surface area (Å²) in [6, 6.07) is 0. The fourth-order valence-electron chi connectivity index (χ4n) is 0.624. The Bertz CT molecular complexity index is 143. The second-order valence-corrected chi connectivity index (χ2v) is 4.27. The highest BCUT2D eigenvalue weighted by Gasteiger charge is 2.05. The predicted molar refractivity (Wildman–Crippen MR) is 47.0 cm³/mol. The van der Waals surface area contributed by atoms with Gasteiger partial charge in [-0.1, -0.05) is 6.92 Å². The van der Waals surface area contributed by atoms with E-state index in [1.54, 1.807) is 6.08 Å². The molecule has 3 nitrogen and oxygen atoms in total. The highest BCUT2D eigenvalue weighted by atomic mass is 28.2. The Labute approximate surface area is 69.8 Å². The van der Waals surface area contributed by atoms with Gasteiger partial charge in [-0.15, -0.1) is 0 Å². The summed E-state index contributed by atoms with van der Waals surface area (Å²) < 4.78 is 5.41. The van der Waals surface area contributed by atoms with E-state index in [0.717, 1.165) is 6.42 Å². The third-order valence-corrected chi connectivity index (χ3v) is 3.33. The van der Waals surface area contributed by atoms with E-state index in [1.807, 2.05) is 20.8 Å². The van der Waals surface area contributed by atoms with Gasteiger partial charge in [-0.05, 0) is 20.3 Å². The van der Waals surface area contributed by atoms with E-state index in [2.05, 4.69) is 4.99 Å². The van der Waals surface area contributed by atoms with Gasteiger partial charge in [0.25, 0.3) is 0 Å². The minimum absolute atomic E-state index is 0.120. The van der Waals surface area contributed by atoms with Crippen molar-refractivity contribution in [2.45, 2.75) is 39.0 Å². The molecule has 0 saturated heterocycles. The van der Waals surface area contributed by atoms with Crippen LogP contribution in [0.5, 0.6) is 0 Å². The van der Waals surface area contributed by atoms with Crippen molar-refractivity contribution in [2.75, 3.05) is 0 Å². The van der Waals surface area contributed by atoms with Crippen molar-refractivity contribution in [1.82, 2.24) is 0 Å². The summed E-state index contributed by atoms with van der Waals surface area (Å²) in [4.78, 5) is 13.5. The molecule has 1 unspecified atom stereocenters. The first-order valence-corrected chi connectivity index (χ1v) is 5.28. The molecule has 0 rings (SSSR count). The molecular formula is C7H15NO2Si. The second-order valence-electron chi connectivity index (χ2n) is 2.66. The molecule has 0 bridgehead atoms. The maximum atomic E-state index is 9.89. The molecule has 0 aliphatic rings. The normalized spacial score (nSPS) is 13.8. The van der Waals surface area contributed by atoms with Crippen molar-refractivity contribution in [3.8, 4) is 0 Å². The molecule has 0 fully saturated rings. The Hall–Kier alpha value is -0.443. The summed E-state index contributed by atoms with van der Waals surface area (Å²) in [5.41, 5.74) is 0.120. The lowest BCUT2D eigenvalue weighted by atomic mass is 10.5. The van der Waals surface area contributed by atoms with Gasteiger partial charge in [0.2, 0.25) is 6.08 Å². The first-order chi connectivity index (χ1) is 5.20. The fraction of sp³-hybridized carbons (Fsp3) is 0.857. The van der Waals surface area contributed by atoms with Gasteiger partial charge in [0.1, 0.15) is 0 Å². The van der Waals surface area contributed by atoms with Crippen LogP contribution in [0.3, 0.4) is 0 Å². The summed E-state index contributed by atoms with van der Waals surface area (Å²) >= 11 is 0. The van der Waals surface area contributed by atoms with E-state index in [-0.39, 0.29) is 11.8 Å². The van der Waals surface area contributed by atoms with E-state index in [9.17, 15) is 4.79 Å². The third kappa shape index (κ3) is 5.98. The SMILES string of the molecule is CCC(N=C=O)[SiH2]OC(C)C. The van der Waals surface area contributed by atoms with E-state index in [0.29, 0.717) is 0 Å². The molecule has 0 aliphatic carbocycles. The molecule has 4 heteroatoms. The van der Waals surface area contributed by atoms with Crippen LogP contribution in [0, 0.1) is 0 Å². The van der Waals surface area contributed by atoms with Crippen LogP contribution >= 0.6 is 0 Å². The third-order valence-electron chi connectivity index (χ3n) is 1.33. The first kappa shape index (κ1) is 10.6. The van der Waals surface area contributed by atoms with Crippen molar-refractivity contribution in [2.24, 2.45) is 4.99 Å². The summed E-state index contributed by atoms with van der Waals surface area (Å²) in [5, 5.41) is 0. The van der Waals surface area contributed by atoms with Crippen LogP contribution in [0.25, 0.3) is 0 Å². The molecule has 0 aromatic heterocycles. The number of nitrogens with zero attached hydrogens (tertiary/aromatic N) is 1. The molecule has 0 spiro atoms. The highest BCUT2D eigenvalue weighted by Crippen LogP contribution is 1.96. The minimum atomic E-state index is -0.662. The number of hydrogen-bond acceptors (Lipinski definition) is 3. The molecule has 1 atom stereocenters. The highest BCUT2D eigenvalue weighted by molar-refractivity contribution is 6.29. The average molecular weight is 173 g/mol. The Morgan fingerprint density at radius 3 is 2.64 bits per heavy atom. The maximum absolute atomic E-state index is 9.89. The van der Waals surface area contributed by atoms with Crippen molar-refractivity contribution in [1.29, 1.82) is 0 Å². The maximum Gasteiger partial charge on any atom is 0.234 e. The van der Waals surface area contributed by atoms with Gasteiger partial charge in [-0.25, -0.2) is 9.79 Å². The van der Waals surface area contributed by atoms with Gasteiger partial charge < -0.3 is 4.43 Å². The van der Waals surface area contributed by atoms with Crippen LogP contribution < -0.4 is 0 Å². The monoisotopic (exact) mass is 173 g/mol. The van der Waals surface area contributed by atoms with E-state index < -0.39 is 9.76 Å². The minimum Gasteiger partial charge on any atom is -0.420 e. The van der Waals surface area contributed by atoms with Gasteiger partial charge >= 0.3 is 0 Å². The summed E-state index contributed by atoms with van der Waals surface area (Å²) in [7, 11) is -0.662. The Morgan fingerprint density at radius 2 is 2.27 bits per heavy atom. The number of aliphatic imine (C=N–C) groups is 1. The molecule has 0 aliphatic heterocycles. The van der Waals surface area contributed by atoms with Crippen molar-refractivity contribution in [3.05, 3.63) is 0 Å². The van der Waals surface area contributed by atoms with E-state index in [1.165, 1.54) is 0 Å². The summed E-state index contributed by atoms with van der Waals surface area (Å²) in [6.45, 7) is 5.98. The number of isocyanates is 1. The van der Waals surface area contributed by atoms with Crippen LogP contribution in [0.15, 0.2) is 4.99 Å². The Balaban J connectivity index is 3.60. The molecule has 0 aromatic carbocycles. The van der Waals surface area contributed by atoms with E-state index in [4.69, 9.17) is 4.43 Å². The lowest BCUT2D eigenvalue weighted by Crippen LogP contribution is -2.19. The number of carbonyl (C=O) groups excluding carboxylic acids is 1. The Morgan fingerprint density at radius 1 is 1.64 bits per heavy atom. The second kappa shape index (κ2) is 6.28. The number of hydrogen-bond donors (Lipinski definition) is 0. The summed E-state index contributed by atoms with van der Waals surface area (Å²) in [6.07, 6.45) is 2.72. The number of rotatable bonds is 5. The molecule has 0 amide bonds. The molecule has 0 aromatic rings. The van der Waals surface area contributed by atoms with Gasteiger partial charge in [0.05, 0.1) is 5.67 Å². The lowest BCUT2D eigenvalue weighted by molar-refractivity contribution is 0.250. The van der Waals surface area contributed by atoms with Gasteiger partial charge in [-0.2, -0.15) is 0 Å².